The van der Waals surface area contributed by atoms with E-state index in [9.17, 15) is 5.11 Å². The van der Waals surface area contributed by atoms with Gasteiger partial charge in [-0.05, 0) is 39.5 Å². The average molecular weight is 320 g/mol. The molecule has 0 amide bonds. The van der Waals surface area contributed by atoms with Crippen molar-refractivity contribution in [2.75, 3.05) is 0 Å². The third-order valence-electron chi connectivity index (χ3n) is 3.34. The largest absolute Gasteiger partial charge is 0.392 e. The number of aliphatic hydroxyl groups excluding tert-OH is 1. The summed E-state index contributed by atoms with van der Waals surface area (Å²) in [5, 5.41) is 10.5. The molecule has 19 heavy (non-hydrogen) atoms. The molecule has 0 aliphatic rings. The first kappa shape index (κ1) is 14.2. The molecule has 2 nitrogen and oxygen atoms in total. The number of hydrogen-bond donors (Lipinski definition) is 1. The molecule has 1 heterocycles. The van der Waals surface area contributed by atoms with Crippen molar-refractivity contribution in [3.63, 3.8) is 0 Å². The van der Waals surface area contributed by atoms with Crippen LogP contribution in [0.2, 0.25) is 0 Å². The van der Waals surface area contributed by atoms with E-state index >= 15 is 0 Å². The van der Waals surface area contributed by atoms with Gasteiger partial charge in [0.1, 0.15) is 0 Å². The summed E-state index contributed by atoms with van der Waals surface area (Å²) in [6.45, 7) is 2.11. The SMILES string of the molecule is CCC(c1ccccc1)C(O)Cc1cncc(Br)c1. The average Bonchev–Trinajstić information content (AvgIpc) is 2.41. The Morgan fingerprint density at radius 3 is 2.58 bits per heavy atom. The summed E-state index contributed by atoms with van der Waals surface area (Å²) in [6, 6.07) is 12.2. The minimum absolute atomic E-state index is 0.167. The summed E-state index contributed by atoms with van der Waals surface area (Å²) >= 11 is 3.41. The third kappa shape index (κ3) is 3.88. The van der Waals surface area contributed by atoms with Crippen molar-refractivity contribution >= 4 is 15.9 Å². The van der Waals surface area contributed by atoms with E-state index < -0.39 is 0 Å². The van der Waals surface area contributed by atoms with Gasteiger partial charge in [0.15, 0.2) is 0 Å². The molecule has 1 aromatic carbocycles. The molecule has 0 fully saturated rings. The molecular formula is C16H18BrNO. The van der Waals surface area contributed by atoms with Crippen molar-refractivity contribution in [3.8, 4) is 0 Å². The molecule has 0 aliphatic heterocycles. The van der Waals surface area contributed by atoms with E-state index in [1.165, 1.54) is 5.56 Å². The molecule has 0 saturated heterocycles. The molecule has 3 heteroatoms. The first-order valence-corrected chi connectivity index (χ1v) is 7.32. The zero-order valence-corrected chi connectivity index (χ0v) is 12.5. The zero-order chi connectivity index (χ0) is 13.7. The van der Waals surface area contributed by atoms with Crippen LogP contribution in [0.25, 0.3) is 0 Å². The Morgan fingerprint density at radius 2 is 1.95 bits per heavy atom. The Labute approximate surface area is 122 Å². The van der Waals surface area contributed by atoms with Gasteiger partial charge in [-0.25, -0.2) is 0 Å². The van der Waals surface area contributed by atoms with Crippen LogP contribution < -0.4 is 0 Å². The zero-order valence-electron chi connectivity index (χ0n) is 11.0. The van der Waals surface area contributed by atoms with E-state index in [0.29, 0.717) is 6.42 Å². The Kier molecular flexibility index (Phi) is 5.11. The molecule has 2 rings (SSSR count). The number of benzene rings is 1. The Balaban J connectivity index is 2.11. The predicted molar refractivity (Wildman–Crippen MR) is 81.1 cm³/mol. The second kappa shape index (κ2) is 6.83. The molecular weight excluding hydrogens is 302 g/mol. The lowest BCUT2D eigenvalue weighted by atomic mass is 9.88. The normalized spacial score (nSPS) is 14.1. The number of rotatable bonds is 5. The van der Waals surface area contributed by atoms with Crippen molar-refractivity contribution in [2.24, 2.45) is 0 Å². The van der Waals surface area contributed by atoms with Gasteiger partial charge in [0.2, 0.25) is 0 Å². The molecule has 1 aromatic heterocycles. The summed E-state index contributed by atoms with van der Waals surface area (Å²) in [4.78, 5) is 4.14. The molecule has 0 spiro atoms. The monoisotopic (exact) mass is 319 g/mol. The van der Waals surface area contributed by atoms with Gasteiger partial charge >= 0.3 is 0 Å². The van der Waals surface area contributed by atoms with Gasteiger partial charge in [0, 0.05) is 29.2 Å². The molecule has 0 radical (unpaired) electrons. The van der Waals surface area contributed by atoms with Crippen LogP contribution in [0.5, 0.6) is 0 Å². The molecule has 2 unspecified atom stereocenters. The van der Waals surface area contributed by atoms with Gasteiger partial charge in [0.05, 0.1) is 6.10 Å². The maximum absolute atomic E-state index is 10.5. The van der Waals surface area contributed by atoms with Crippen LogP contribution in [0.3, 0.4) is 0 Å². The molecule has 0 saturated carbocycles. The number of hydrogen-bond acceptors (Lipinski definition) is 2. The van der Waals surface area contributed by atoms with Crippen molar-refractivity contribution in [1.29, 1.82) is 0 Å². The molecule has 2 atom stereocenters. The molecule has 0 bridgehead atoms. The van der Waals surface area contributed by atoms with Crippen LogP contribution >= 0.6 is 15.9 Å². The minimum Gasteiger partial charge on any atom is -0.392 e. The Bertz CT molecular complexity index is 515. The molecule has 100 valence electrons. The van der Waals surface area contributed by atoms with Crippen molar-refractivity contribution in [2.45, 2.75) is 31.8 Å². The van der Waals surface area contributed by atoms with E-state index in [-0.39, 0.29) is 12.0 Å². The number of aliphatic hydroxyl groups is 1. The summed E-state index contributed by atoms with van der Waals surface area (Å²) in [6.07, 6.45) is 4.73. The van der Waals surface area contributed by atoms with Gasteiger partial charge < -0.3 is 5.11 Å². The number of pyridine rings is 1. The Morgan fingerprint density at radius 1 is 1.21 bits per heavy atom. The van der Waals surface area contributed by atoms with Gasteiger partial charge in [-0.3, -0.25) is 4.98 Å². The second-order valence-electron chi connectivity index (χ2n) is 4.71. The topological polar surface area (TPSA) is 33.1 Å². The van der Waals surface area contributed by atoms with E-state index in [0.717, 1.165) is 16.5 Å². The number of halogens is 1. The third-order valence-corrected chi connectivity index (χ3v) is 3.77. The standard InChI is InChI=1S/C16H18BrNO/c1-2-15(13-6-4-3-5-7-13)16(19)9-12-8-14(17)11-18-10-12/h3-8,10-11,15-16,19H,2,9H2,1H3. The van der Waals surface area contributed by atoms with Crippen LogP contribution in [0.15, 0.2) is 53.3 Å². The van der Waals surface area contributed by atoms with E-state index in [1.54, 1.807) is 6.20 Å². The maximum atomic E-state index is 10.5. The smallest absolute Gasteiger partial charge is 0.0649 e. The van der Waals surface area contributed by atoms with Crippen LogP contribution in [0, 0.1) is 0 Å². The fourth-order valence-corrected chi connectivity index (χ4v) is 2.79. The number of nitrogens with zero attached hydrogens (tertiary/aromatic N) is 1. The number of aromatic nitrogens is 1. The first-order chi connectivity index (χ1) is 9.20. The highest BCUT2D eigenvalue weighted by molar-refractivity contribution is 9.10. The quantitative estimate of drug-likeness (QED) is 0.905. The van der Waals surface area contributed by atoms with E-state index in [4.69, 9.17) is 0 Å². The van der Waals surface area contributed by atoms with Crippen molar-refractivity contribution in [3.05, 3.63) is 64.4 Å². The second-order valence-corrected chi connectivity index (χ2v) is 5.62. The Hall–Kier alpha value is -1.19. The van der Waals surface area contributed by atoms with Crippen molar-refractivity contribution < 1.29 is 5.11 Å². The maximum Gasteiger partial charge on any atom is 0.0649 e. The van der Waals surface area contributed by atoms with Crippen molar-refractivity contribution in [1.82, 2.24) is 4.98 Å². The molecule has 0 aliphatic carbocycles. The van der Waals surface area contributed by atoms with Gasteiger partial charge in [-0.1, -0.05) is 37.3 Å². The summed E-state index contributed by atoms with van der Waals surface area (Å²) < 4.78 is 0.949. The van der Waals surface area contributed by atoms with E-state index in [1.807, 2.05) is 30.5 Å². The highest BCUT2D eigenvalue weighted by Crippen LogP contribution is 2.25. The summed E-state index contributed by atoms with van der Waals surface area (Å²) in [5.74, 6) is 0.167. The lowest BCUT2D eigenvalue weighted by molar-refractivity contribution is 0.140. The summed E-state index contributed by atoms with van der Waals surface area (Å²) in [7, 11) is 0. The van der Waals surface area contributed by atoms with Gasteiger partial charge in [-0.15, -0.1) is 0 Å². The lowest BCUT2D eigenvalue weighted by Crippen LogP contribution is -2.20. The highest BCUT2D eigenvalue weighted by atomic mass is 79.9. The first-order valence-electron chi connectivity index (χ1n) is 6.53. The minimum atomic E-state index is -0.386. The van der Waals surface area contributed by atoms with Crippen LogP contribution in [-0.2, 0) is 6.42 Å². The highest BCUT2D eigenvalue weighted by Gasteiger charge is 2.19. The van der Waals surface area contributed by atoms with E-state index in [2.05, 4.69) is 40.0 Å². The van der Waals surface area contributed by atoms with Gasteiger partial charge in [-0.2, -0.15) is 0 Å². The lowest BCUT2D eigenvalue weighted by Gasteiger charge is -2.22. The fourth-order valence-electron chi connectivity index (χ4n) is 2.38. The van der Waals surface area contributed by atoms with Gasteiger partial charge in [0.25, 0.3) is 0 Å². The molecule has 2 aromatic rings. The summed E-state index contributed by atoms with van der Waals surface area (Å²) in [5.41, 5.74) is 2.25. The van der Waals surface area contributed by atoms with Crippen LogP contribution in [-0.4, -0.2) is 16.2 Å². The predicted octanol–water partition coefficient (Wildman–Crippen LogP) is 3.94. The molecule has 1 N–H and O–H groups in total. The fraction of sp³-hybridized carbons (Fsp3) is 0.312. The van der Waals surface area contributed by atoms with Crippen LogP contribution in [0.4, 0.5) is 0 Å². The van der Waals surface area contributed by atoms with Crippen LogP contribution in [0.1, 0.15) is 30.4 Å².